The number of hydrogen-bond acceptors (Lipinski definition) is 2. The predicted octanol–water partition coefficient (Wildman–Crippen LogP) is 2.45. The van der Waals surface area contributed by atoms with E-state index in [4.69, 9.17) is 9.84 Å². The van der Waals surface area contributed by atoms with Crippen molar-refractivity contribution < 1.29 is 14.6 Å². The van der Waals surface area contributed by atoms with E-state index in [1.807, 2.05) is 0 Å². The fourth-order valence-corrected chi connectivity index (χ4v) is 1.55. The molecule has 0 heterocycles. The first kappa shape index (κ1) is 11.5. The van der Waals surface area contributed by atoms with Crippen molar-refractivity contribution in [3.63, 3.8) is 0 Å². The number of hydrogen-bond donors (Lipinski definition) is 1. The largest absolute Gasteiger partial charge is 0.479 e. The van der Waals surface area contributed by atoms with Crippen LogP contribution in [0, 0.1) is 5.92 Å². The molecule has 1 fully saturated rings. The van der Waals surface area contributed by atoms with Gasteiger partial charge in [0.1, 0.15) is 0 Å². The van der Waals surface area contributed by atoms with Crippen LogP contribution in [0.25, 0.3) is 0 Å². The average molecular weight is 200 g/mol. The Kier molecular flexibility index (Phi) is 4.94. The van der Waals surface area contributed by atoms with Gasteiger partial charge in [-0.2, -0.15) is 0 Å². The predicted molar refractivity (Wildman–Crippen MR) is 54.2 cm³/mol. The number of aliphatic carboxylic acids is 1. The van der Waals surface area contributed by atoms with E-state index in [2.05, 4.69) is 6.92 Å². The first-order valence-corrected chi connectivity index (χ1v) is 5.60. The van der Waals surface area contributed by atoms with Crippen LogP contribution in [0.1, 0.15) is 45.4 Å². The van der Waals surface area contributed by atoms with Crippen molar-refractivity contribution in [2.24, 2.45) is 5.92 Å². The second-order valence-corrected chi connectivity index (χ2v) is 4.03. The van der Waals surface area contributed by atoms with Gasteiger partial charge in [0.05, 0.1) is 0 Å². The van der Waals surface area contributed by atoms with Gasteiger partial charge in [0, 0.05) is 6.61 Å². The van der Waals surface area contributed by atoms with Gasteiger partial charge in [0.2, 0.25) is 0 Å². The maximum Gasteiger partial charge on any atom is 0.333 e. The molecule has 1 unspecified atom stereocenters. The van der Waals surface area contributed by atoms with Gasteiger partial charge >= 0.3 is 5.97 Å². The molecule has 82 valence electrons. The van der Waals surface area contributed by atoms with Gasteiger partial charge in [-0.25, -0.2) is 4.79 Å². The lowest BCUT2D eigenvalue weighted by Gasteiger charge is -2.12. The van der Waals surface area contributed by atoms with Crippen LogP contribution in [0.2, 0.25) is 0 Å². The lowest BCUT2D eigenvalue weighted by molar-refractivity contribution is -0.151. The monoisotopic (exact) mass is 200 g/mol. The zero-order valence-electron chi connectivity index (χ0n) is 8.87. The third-order valence-corrected chi connectivity index (χ3v) is 2.59. The molecule has 0 aliphatic heterocycles. The lowest BCUT2D eigenvalue weighted by atomic mass is 10.2. The van der Waals surface area contributed by atoms with E-state index in [9.17, 15) is 4.79 Å². The van der Waals surface area contributed by atoms with Gasteiger partial charge in [-0.3, -0.25) is 0 Å². The van der Waals surface area contributed by atoms with Gasteiger partial charge in [0.15, 0.2) is 6.10 Å². The highest BCUT2D eigenvalue weighted by atomic mass is 16.5. The van der Waals surface area contributed by atoms with Crippen LogP contribution in [0.3, 0.4) is 0 Å². The van der Waals surface area contributed by atoms with Crippen molar-refractivity contribution >= 4 is 5.97 Å². The summed E-state index contributed by atoms with van der Waals surface area (Å²) in [5.41, 5.74) is 0. The summed E-state index contributed by atoms with van der Waals surface area (Å²) in [5.74, 6) is -0.498. The topological polar surface area (TPSA) is 46.5 Å². The molecule has 0 aromatic carbocycles. The second kappa shape index (κ2) is 6.02. The molecule has 1 atom stereocenters. The minimum absolute atomic E-state index is 0.290. The Hall–Kier alpha value is -0.570. The lowest BCUT2D eigenvalue weighted by Crippen LogP contribution is -2.26. The highest BCUT2D eigenvalue weighted by Gasteiger charge is 2.36. The fraction of sp³-hybridized carbons (Fsp3) is 0.909. The van der Waals surface area contributed by atoms with Crippen molar-refractivity contribution in [2.75, 3.05) is 6.61 Å². The molecular weight excluding hydrogens is 180 g/mol. The van der Waals surface area contributed by atoms with Gasteiger partial charge in [-0.15, -0.1) is 0 Å². The summed E-state index contributed by atoms with van der Waals surface area (Å²) < 4.78 is 5.37. The molecule has 1 aliphatic rings. The summed E-state index contributed by atoms with van der Waals surface area (Å²) in [5, 5.41) is 8.86. The summed E-state index contributed by atoms with van der Waals surface area (Å²) in [7, 11) is 0. The molecule has 0 spiro atoms. The van der Waals surface area contributed by atoms with E-state index in [1.165, 1.54) is 12.8 Å². The van der Waals surface area contributed by atoms with Crippen LogP contribution in [0.4, 0.5) is 0 Å². The summed E-state index contributed by atoms with van der Waals surface area (Å²) in [4.78, 5) is 10.8. The number of ether oxygens (including phenoxy) is 1. The Morgan fingerprint density at radius 2 is 2.14 bits per heavy atom. The van der Waals surface area contributed by atoms with Crippen molar-refractivity contribution in [3.8, 4) is 0 Å². The highest BCUT2D eigenvalue weighted by Crippen LogP contribution is 2.34. The number of unbranched alkanes of at least 4 members (excludes halogenated alkanes) is 3. The molecule has 14 heavy (non-hydrogen) atoms. The van der Waals surface area contributed by atoms with Crippen LogP contribution < -0.4 is 0 Å². The molecule has 3 heteroatoms. The summed E-state index contributed by atoms with van der Waals surface area (Å²) in [6.07, 6.45) is 6.06. The first-order valence-electron chi connectivity index (χ1n) is 5.60. The molecule has 1 aliphatic carbocycles. The minimum atomic E-state index is -0.789. The standard InChI is InChI=1S/C11H20O3/c1-2-3-4-5-8-14-10(11(12)13)9-6-7-9/h9-10H,2-8H2,1H3,(H,12,13). The van der Waals surface area contributed by atoms with Crippen LogP contribution in [-0.2, 0) is 9.53 Å². The average Bonchev–Trinajstić information content (AvgIpc) is 2.94. The van der Waals surface area contributed by atoms with Gasteiger partial charge < -0.3 is 9.84 Å². The Bertz CT molecular complexity index is 175. The van der Waals surface area contributed by atoms with E-state index in [0.717, 1.165) is 25.7 Å². The molecule has 1 rings (SSSR count). The summed E-state index contributed by atoms with van der Waals surface area (Å²) >= 11 is 0. The number of carboxylic acids is 1. The molecular formula is C11H20O3. The van der Waals surface area contributed by atoms with Crippen molar-refractivity contribution in [1.29, 1.82) is 0 Å². The molecule has 0 saturated heterocycles. The molecule has 0 amide bonds. The molecule has 1 saturated carbocycles. The minimum Gasteiger partial charge on any atom is -0.479 e. The van der Waals surface area contributed by atoms with Gasteiger partial charge in [-0.1, -0.05) is 26.2 Å². The highest BCUT2D eigenvalue weighted by molar-refractivity contribution is 5.73. The normalized spacial score (nSPS) is 18.1. The molecule has 0 radical (unpaired) electrons. The van der Waals surface area contributed by atoms with Crippen LogP contribution in [0.5, 0.6) is 0 Å². The SMILES string of the molecule is CCCCCCOC(C(=O)O)C1CC1. The van der Waals surface area contributed by atoms with E-state index >= 15 is 0 Å². The Morgan fingerprint density at radius 1 is 1.43 bits per heavy atom. The summed E-state index contributed by atoms with van der Waals surface area (Å²) in [6, 6.07) is 0. The van der Waals surface area contributed by atoms with E-state index in [1.54, 1.807) is 0 Å². The van der Waals surface area contributed by atoms with E-state index in [-0.39, 0.29) is 0 Å². The second-order valence-electron chi connectivity index (χ2n) is 4.03. The maximum atomic E-state index is 10.8. The Morgan fingerprint density at radius 3 is 2.64 bits per heavy atom. The molecule has 0 aromatic rings. The van der Waals surface area contributed by atoms with Crippen molar-refractivity contribution in [2.45, 2.75) is 51.6 Å². The molecule has 0 aromatic heterocycles. The summed E-state index contributed by atoms with van der Waals surface area (Å²) in [6.45, 7) is 2.76. The van der Waals surface area contributed by atoms with E-state index < -0.39 is 12.1 Å². The molecule has 1 N–H and O–H groups in total. The molecule has 3 nitrogen and oxygen atoms in total. The van der Waals surface area contributed by atoms with Crippen LogP contribution in [0.15, 0.2) is 0 Å². The van der Waals surface area contributed by atoms with E-state index in [0.29, 0.717) is 12.5 Å². The fourth-order valence-electron chi connectivity index (χ4n) is 1.55. The maximum absolute atomic E-state index is 10.8. The third kappa shape index (κ3) is 4.09. The number of rotatable bonds is 8. The Labute approximate surface area is 85.5 Å². The van der Waals surface area contributed by atoms with Crippen LogP contribution in [-0.4, -0.2) is 23.8 Å². The number of carboxylic acid groups (broad SMARTS) is 1. The third-order valence-electron chi connectivity index (χ3n) is 2.59. The van der Waals surface area contributed by atoms with Gasteiger partial charge in [-0.05, 0) is 25.2 Å². The quantitative estimate of drug-likeness (QED) is 0.612. The van der Waals surface area contributed by atoms with Crippen molar-refractivity contribution in [1.82, 2.24) is 0 Å². The van der Waals surface area contributed by atoms with Crippen LogP contribution >= 0.6 is 0 Å². The van der Waals surface area contributed by atoms with Gasteiger partial charge in [0.25, 0.3) is 0 Å². The first-order chi connectivity index (χ1) is 6.75. The molecule has 0 bridgehead atoms. The zero-order chi connectivity index (χ0) is 10.4. The Balaban J connectivity index is 2.05. The smallest absolute Gasteiger partial charge is 0.333 e. The number of carbonyl (C=O) groups is 1. The zero-order valence-corrected chi connectivity index (χ0v) is 8.87. The van der Waals surface area contributed by atoms with Crippen molar-refractivity contribution in [3.05, 3.63) is 0 Å².